The van der Waals surface area contributed by atoms with Crippen molar-refractivity contribution in [2.75, 3.05) is 42.9 Å². The van der Waals surface area contributed by atoms with Gasteiger partial charge in [0.2, 0.25) is 5.91 Å². The van der Waals surface area contributed by atoms with Gasteiger partial charge >= 0.3 is 0 Å². The van der Waals surface area contributed by atoms with E-state index in [1.807, 2.05) is 36.1 Å². The summed E-state index contributed by atoms with van der Waals surface area (Å²) in [7, 11) is 0. The molecule has 1 aliphatic heterocycles. The molecule has 2 heterocycles. The van der Waals surface area contributed by atoms with E-state index < -0.39 is 0 Å². The number of hydrogen-bond acceptors (Lipinski definition) is 5. The highest BCUT2D eigenvalue weighted by atomic mass is 35.5. The predicted octanol–water partition coefficient (Wildman–Crippen LogP) is 2.40. The van der Waals surface area contributed by atoms with Crippen LogP contribution in [-0.2, 0) is 4.79 Å². The van der Waals surface area contributed by atoms with Crippen LogP contribution in [0.5, 0.6) is 0 Å². The van der Waals surface area contributed by atoms with Gasteiger partial charge in [0.25, 0.3) is 0 Å². The average Bonchev–Trinajstić information content (AvgIpc) is 2.98. The number of benzene rings is 1. The molecule has 0 spiro atoms. The zero-order valence-corrected chi connectivity index (χ0v) is 13.7. The fourth-order valence-electron chi connectivity index (χ4n) is 2.61. The third-order valence-corrected chi connectivity index (χ3v) is 4.09. The number of anilines is 2. The first-order chi connectivity index (χ1) is 11.1. The van der Waals surface area contributed by atoms with Crippen molar-refractivity contribution in [3.8, 4) is 0 Å². The molecule has 1 saturated heterocycles. The number of amides is 1. The second-order valence-electron chi connectivity index (χ2n) is 5.52. The van der Waals surface area contributed by atoms with Gasteiger partial charge in [-0.15, -0.1) is 0 Å². The summed E-state index contributed by atoms with van der Waals surface area (Å²) in [5, 5.41) is 7.53. The zero-order chi connectivity index (χ0) is 16.2. The van der Waals surface area contributed by atoms with Crippen molar-refractivity contribution >= 4 is 29.0 Å². The van der Waals surface area contributed by atoms with E-state index in [2.05, 4.69) is 15.4 Å². The van der Waals surface area contributed by atoms with Gasteiger partial charge in [-0.1, -0.05) is 22.8 Å². The first-order valence-corrected chi connectivity index (χ1v) is 7.95. The van der Waals surface area contributed by atoms with Crippen LogP contribution in [0.4, 0.5) is 11.5 Å². The minimum absolute atomic E-state index is 0.0661. The molecule has 0 radical (unpaired) electrons. The van der Waals surface area contributed by atoms with Gasteiger partial charge in [-0.3, -0.25) is 4.79 Å². The summed E-state index contributed by atoms with van der Waals surface area (Å²) in [4.78, 5) is 16.3. The minimum Gasteiger partial charge on any atom is -0.368 e. The summed E-state index contributed by atoms with van der Waals surface area (Å²) in [6.45, 7) is 5.04. The summed E-state index contributed by atoms with van der Waals surface area (Å²) in [6.07, 6.45) is 0. The molecule has 3 rings (SSSR count). The number of nitrogens with one attached hydrogen (secondary N) is 1. The second kappa shape index (κ2) is 6.91. The van der Waals surface area contributed by atoms with E-state index in [1.54, 1.807) is 6.07 Å². The molecule has 1 N–H and O–H groups in total. The first kappa shape index (κ1) is 15.7. The quantitative estimate of drug-likeness (QED) is 0.930. The average molecular weight is 335 g/mol. The Labute approximate surface area is 140 Å². The highest BCUT2D eigenvalue weighted by molar-refractivity contribution is 6.30. The number of carbonyl (C=O) groups is 1. The van der Waals surface area contributed by atoms with Crippen molar-refractivity contribution in [3.05, 3.63) is 41.1 Å². The number of carbonyl (C=O) groups excluding carboxylic acids is 1. The largest absolute Gasteiger partial charge is 0.368 e. The summed E-state index contributed by atoms with van der Waals surface area (Å²) in [6, 6.07) is 9.57. The molecule has 1 aromatic carbocycles. The lowest BCUT2D eigenvalue weighted by Gasteiger charge is -2.36. The molecule has 0 bridgehead atoms. The Hall–Kier alpha value is -2.21. The molecule has 1 aromatic heterocycles. The van der Waals surface area contributed by atoms with Gasteiger partial charge in [0.15, 0.2) is 5.82 Å². The fourth-order valence-corrected chi connectivity index (χ4v) is 2.80. The Kier molecular flexibility index (Phi) is 4.71. The van der Waals surface area contributed by atoms with Crippen LogP contribution in [-0.4, -0.2) is 48.7 Å². The van der Waals surface area contributed by atoms with E-state index in [0.29, 0.717) is 18.9 Å². The van der Waals surface area contributed by atoms with E-state index in [4.69, 9.17) is 16.1 Å². The van der Waals surface area contributed by atoms with Gasteiger partial charge in [0.05, 0.1) is 6.54 Å². The molecule has 122 valence electrons. The topological polar surface area (TPSA) is 61.6 Å². The first-order valence-electron chi connectivity index (χ1n) is 7.57. The van der Waals surface area contributed by atoms with E-state index >= 15 is 0 Å². The van der Waals surface area contributed by atoms with Crippen molar-refractivity contribution in [3.63, 3.8) is 0 Å². The molecule has 0 atom stereocenters. The van der Waals surface area contributed by atoms with Crippen molar-refractivity contribution in [1.82, 2.24) is 10.1 Å². The summed E-state index contributed by atoms with van der Waals surface area (Å²) < 4.78 is 4.96. The summed E-state index contributed by atoms with van der Waals surface area (Å²) in [5.74, 6) is 1.37. The molecule has 0 saturated carbocycles. The normalized spacial score (nSPS) is 14.9. The molecule has 23 heavy (non-hydrogen) atoms. The Balaban J connectivity index is 1.49. The van der Waals surface area contributed by atoms with Crippen molar-refractivity contribution in [2.24, 2.45) is 0 Å². The Morgan fingerprint density at radius 3 is 2.74 bits per heavy atom. The maximum absolute atomic E-state index is 12.2. The van der Waals surface area contributed by atoms with E-state index in [1.165, 1.54) is 0 Å². The van der Waals surface area contributed by atoms with Crippen molar-refractivity contribution < 1.29 is 9.32 Å². The monoisotopic (exact) mass is 334 g/mol. The maximum atomic E-state index is 12.2. The van der Waals surface area contributed by atoms with Gasteiger partial charge in [0.1, 0.15) is 5.76 Å². The fraction of sp³-hybridized carbons (Fsp3) is 0.375. The van der Waals surface area contributed by atoms with Crippen LogP contribution >= 0.6 is 11.6 Å². The molecule has 7 heteroatoms. The lowest BCUT2D eigenvalue weighted by atomic mass is 10.2. The van der Waals surface area contributed by atoms with Crippen LogP contribution in [0, 0.1) is 6.92 Å². The standard InChI is InChI=1S/C16H19ClN4O2/c1-12-9-15(19-23-12)18-11-16(22)21-7-5-20(6-8-21)14-4-2-3-13(17)10-14/h2-4,9-10H,5-8,11H2,1H3,(H,18,19). The zero-order valence-electron chi connectivity index (χ0n) is 13.0. The van der Waals surface area contributed by atoms with Crippen molar-refractivity contribution in [1.29, 1.82) is 0 Å². The van der Waals surface area contributed by atoms with Crippen molar-refractivity contribution in [2.45, 2.75) is 6.92 Å². The Morgan fingerprint density at radius 1 is 1.30 bits per heavy atom. The summed E-state index contributed by atoms with van der Waals surface area (Å²) in [5.41, 5.74) is 1.10. The van der Waals surface area contributed by atoms with Crippen LogP contribution < -0.4 is 10.2 Å². The third kappa shape index (κ3) is 3.96. The van der Waals surface area contributed by atoms with E-state index in [0.717, 1.165) is 29.6 Å². The highest BCUT2D eigenvalue weighted by Gasteiger charge is 2.21. The Bertz CT molecular complexity index is 680. The maximum Gasteiger partial charge on any atom is 0.242 e. The SMILES string of the molecule is Cc1cc(NCC(=O)N2CCN(c3cccc(Cl)c3)CC2)no1. The minimum atomic E-state index is 0.0661. The predicted molar refractivity (Wildman–Crippen MR) is 90.0 cm³/mol. The molecule has 1 fully saturated rings. The number of halogens is 1. The molecule has 2 aromatic rings. The van der Waals surface area contributed by atoms with Gasteiger partial charge in [-0.05, 0) is 25.1 Å². The number of nitrogens with zero attached hydrogens (tertiary/aromatic N) is 3. The van der Waals surface area contributed by atoms with Crippen LogP contribution in [0.25, 0.3) is 0 Å². The van der Waals surface area contributed by atoms with Crippen LogP contribution in [0.1, 0.15) is 5.76 Å². The second-order valence-corrected chi connectivity index (χ2v) is 5.96. The lowest BCUT2D eigenvalue weighted by Crippen LogP contribution is -2.50. The number of aryl methyl sites for hydroxylation is 1. The van der Waals surface area contributed by atoms with Gasteiger partial charge in [0, 0.05) is 43.0 Å². The number of aromatic nitrogens is 1. The van der Waals surface area contributed by atoms with Crippen LogP contribution in [0.15, 0.2) is 34.9 Å². The van der Waals surface area contributed by atoms with Crippen LogP contribution in [0.3, 0.4) is 0 Å². The van der Waals surface area contributed by atoms with Crippen LogP contribution in [0.2, 0.25) is 5.02 Å². The molecule has 0 aliphatic carbocycles. The molecular formula is C16H19ClN4O2. The molecular weight excluding hydrogens is 316 g/mol. The third-order valence-electron chi connectivity index (χ3n) is 3.85. The Morgan fingerprint density at radius 2 is 2.09 bits per heavy atom. The number of hydrogen-bond donors (Lipinski definition) is 1. The van der Waals surface area contributed by atoms with E-state index in [9.17, 15) is 4.79 Å². The molecule has 1 aliphatic rings. The molecule has 0 unspecified atom stereocenters. The van der Waals surface area contributed by atoms with Gasteiger partial charge < -0.3 is 19.6 Å². The molecule has 6 nitrogen and oxygen atoms in total. The van der Waals surface area contributed by atoms with E-state index in [-0.39, 0.29) is 12.5 Å². The number of rotatable bonds is 4. The van der Waals surface area contributed by atoms with Gasteiger partial charge in [-0.25, -0.2) is 0 Å². The highest BCUT2D eigenvalue weighted by Crippen LogP contribution is 2.20. The molecule has 1 amide bonds. The van der Waals surface area contributed by atoms with Gasteiger partial charge in [-0.2, -0.15) is 0 Å². The summed E-state index contributed by atoms with van der Waals surface area (Å²) >= 11 is 6.03. The smallest absolute Gasteiger partial charge is 0.242 e. The lowest BCUT2D eigenvalue weighted by molar-refractivity contribution is -0.129. The number of piperazine rings is 1.